The summed E-state index contributed by atoms with van der Waals surface area (Å²) in [6.07, 6.45) is 7.13. The maximum absolute atomic E-state index is 14.1. The Hall–Kier alpha value is -1.71. The molecule has 9 heteroatoms. The van der Waals surface area contributed by atoms with Gasteiger partial charge in [-0.3, -0.25) is 14.4 Å². The van der Waals surface area contributed by atoms with Gasteiger partial charge in [0.1, 0.15) is 11.6 Å². The Kier molecular flexibility index (Phi) is 10.2. The number of carbonyl (C=O) groups is 3. The molecule has 3 aliphatic rings. The van der Waals surface area contributed by atoms with E-state index in [2.05, 4.69) is 36.0 Å². The van der Waals surface area contributed by atoms with E-state index in [1.54, 1.807) is 26.9 Å². The summed E-state index contributed by atoms with van der Waals surface area (Å²) in [5.41, 5.74) is -1.05. The molecule has 3 unspecified atom stereocenters. The lowest BCUT2D eigenvalue weighted by Crippen LogP contribution is -2.57. The zero-order chi connectivity index (χ0) is 26.5. The molecule has 1 spiro atoms. The molecule has 0 radical (unpaired) electrons. The third-order valence-electron chi connectivity index (χ3n) is 7.71. The zero-order valence-corrected chi connectivity index (χ0v) is 23.3. The molecule has 3 rings (SSSR count). The summed E-state index contributed by atoms with van der Waals surface area (Å²) in [7, 11) is 0. The molecule has 3 saturated heterocycles. The molecule has 3 amide bonds. The standard InChI is InChI=1S/C27H42BrN3O5/c1-5-9-15-30(14-8-4)26(35)23-27-18-19(28)22(36-27)20(24(33)29(12-6-2)13-7-3)21(27)25(34)31(23)16-10-11-17-32/h6,8,19-23,32H,2,4-5,7,9-18H2,1,3H3/t19?,20-,21-,22-,23?,27?/m0/s1. The van der Waals surface area contributed by atoms with E-state index >= 15 is 0 Å². The van der Waals surface area contributed by atoms with Crippen LogP contribution in [0.25, 0.3) is 0 Å². The number of alkyl halides is 1. The van der Waals surface area contributed by atoms with Gasteiger partial charge in [0.2, 0.25) is 17.7 Å². The van der Waals surface area contributed by atoms with Gasteiger partial charge in [-0.25, -0.2) is 0 Å². The third-order valence-corrected chi connectivity index (χ3v) is 8.56. The third kappa shape index (κ3) is 5.16. The van der Waals surface area contributed by atoms with Gasteiger partial charge in [0, 0.05) is 44.2 Å². The van der Waals surface area contributed by atoms with Crippen LogP contribution in [0.5, 0.6) is 0 Å². The SMILES string of the molecule is C=CCN(CCCC)C(=O)C1N(CCCCO)C(=O)[C@@H]2[C@H](C(=O)N(CC=C)CCC)[C@H]3OC12CC3Br. The first-order valence-corrected chi connectivity index (χ1v) is 14.3. The van der Waals surface area contributed by atoms with Gasteiger partial charge in [-0.1, -0.05) is 48.4 Å². The predicted octanol–water partition coefficient (Wildman–Crippen LogP) is 2.75. The van der Waals surface area contributed by atoms with E-state index < -0.39 is 29.6 Å². The van der Waals surface area contributed by atoms with Crippen molar-refractivity contribution in [2.75, 3.05) is 39.3 Å². The number of halogens is 1. The van der Waals surface area contributed by atoms with Gasteiger partial charge in [-0.05, 0) is 32.1 Å². The molecule has 0 aromatic carbocycles. The van der Waals surface area contributed by atoms with Crippen LogP contribution in [0.3, 0.4) is 0 Å². The highest BCUT2D eigenvalue weighted by Gasteiger charge is 2.76. The van der Waals surface area contributed by atoms with E-state index in [-0.39, 0.29) is 29.2 Å². The molecule has 6 atom stereocenters. The van der Waals surface area contributed by atoms with Gasteiger partial charge in [-0.15, -0.1) is 13.2 Å². The fraction of sp³-hybridized carbons (Fsp3) is 0.741. The lowest BCUT2D eigenvalue weighted by molar-refractivity contribution is -0.148. The van der Waals surface area contributed by atoms with Crippen LogP contribution in [0.2, 0.25) is 0 Å². The minimum Gasteiger partial charge on any atom is -0.396 e. The Bertz CT molecular complexity index is 838. The smallest absolute Gasteiger partial charge is 0.248 e. The Labute approximate surface area is 223 Å². The number of nitrogens with zero attached hydrogens (tertiary/aromatic N) is 3. The second kappa shape index (κ2) is 12.7. The summed E-state index contributed by atoms with van der Waals surface area (Å²) in [6.45, 7) is 14.0. The quantitative estimate of drug-likeness (QED) is 0.187. The van der Waals surface area contributed by atoms with Crippen molar-refractivity contribution in [2.24, 2.45) is 11.8 Å². The van der Waals surface area contributed by atoms with Crippen molar-refractivity contribution in [2.45, 2.75) is 74.9 Å². The molecule has 202 valence electrons. The van der Waals surface area contributed by atoms with Gasteiger partial charge in [-0.2, -0.15) is 0 Å². The average molecular weight is 569 g/mol. The van der Waals surface area contributed by atoms with Crippen LogP contribution in [0.1, 0.15) is 52.4 Å². The first kappa shape index (κ1) is 28.9. The van der Waals surface area contributed by atoms with Crippen molar-refractivity contribution in [1.29, 1.82) is 0 Å². The summed E-state index contributed by atoms with van der Waals surface area (Å²) in [4.78, 5) is 47.0. The summed E-state index contributed by atoms with van der Waals surface area (Å²) < 4.78 is 6.60. The molecule has 2 bridgehead atoms. The van der Waals surface area contributed by atoms with Crippen LogP contribution < -0.4 is 0 Å². The van der Waals surface area contributed by atoms with Crippen LogP contribution in [0, 0.1) is 11.8 Å². The number of aliphatic hydroxyl groups is 1. The summed E-state index contributed by atoms with van der Waals surface area (Å²) >= 11 is 3.73. The van der Waals surface area contributed by atoms with Crippen LogP contribution in [-0.4, -0.2) is 99.4 Å². The number of fused-ring (bicyclic) bond motifs is 1. The first-order valence-electron chi connectivity index (χ1n) is 13.3. The van der Waals surface area contributed by atoms with Crippen LogP contribution >= 0.6 is 15.9 Å². The van der Waals surface area contributed by atoms with Gasteiger partial charge < -0.3 is 24.5 Å². The van der Waals surface area contributed by atoms with E-state index in [0.29, 0.717) is 52.0 Å². The Morgan fingerprint density at radius 3 is 2.36 bits per heavy atom. The molecule has 36 heavy (non-hydrogen) atoms. The largest absolute Gasteiger partial charge is 0.396 e. The number of unbranched alkanes of at least 4 members (excludes halogenated alkanes) is 2. The van der Waals surface area contributed by atoms with E-state index in [9.17, 15) is 19.5 Å². The second-order valence-electron chi connectivity index (χ2n) is 10.1. The maximum Gasteiger partial charge on any atom is 0.248 e. The van der Waals surface area contributed by atoms with Crippen molar-refractivity contribution in [3.8, 4) is 0 Å². The van der Waals surface area contributed by atoms with E-state index in [4.69, 9.17) is 4.74 Å². The molecule has 3 heterocycles. The Balaban J connectivity index is 2.03. The maximum atomic E-state index is 14.1. The molecule has 8 nitrogen and oxygen atoms in total. The van der Waals surface area contributed by atoms with Crippen LogP contribution in [-0.2, 0) is 19.1 Å². The van der Waals surface area contributed by atoms with Crippen molar-refractivity contribution >= 4 is 33.7 Å². The number of carbonyl (C=O) groups excluding carboxylic acids is 3. The predicted molar refractivity (Wildman–Crippen MR) is 142 cm³/mol. The molecular weight excluding hydrogens is 526 g/mol. The van der Waals surface area contributed by atoms with Gasteiger partial charge in [0.05, 0.1) is 17.9 Å². The van der Waals surface area contributed by atoms with Crippen molar-refractivity contribution in [1.82, 2.24) is 14.7 Å². The first-order chi connectivity index (χ1) is 17.3. The summed E-state index contributed by atoms with van der Waals surface area (Å²) in [6, 6.07) is -0.799. The minimum absolute atomic E-state index is 0.0188. The van der Waals surface area contributed by atoms with Crippen LogP contribution in [0.4, 0.5) is 0 Å². The normalized spacial score (nSPS) is 30.4. The lowest BCUT2D eigenvalue weighted by atomic mass is 9.70. The number of aliphatic hydroxyl groups excluding tert-OH is 1. The topological polar surface area (TPSA) is 90.4 Å². The fourth-order valence-corrected chi connectivity index (χ4v) is 7.17. The molecular formula is C27H42BrN3O5. The number of likely N-dealkylation sites (tertiary alicyclic amines) is 1. The summed E-state index contributed by atoms with van der Waals surface area (Å²) in [5.74, 6) is -1.79. The number of amides is 3. The van der Waals surface area contributed by atoms with Gasteiger partial charge in [0.25, 0.3) is 0 Å². The highest BCUT2D eigenvalue weighted by atomic mass is 79.9. The highest BCUT2D eigenvalue weighted by Crippen LogP contribution is 2.60. The molecule has 0 aromatic heterocycles. The number of rotatable bonds is 15. The zero-order valence-electron chi connectivity index (χ0n) is 21.7. The van der Waals surface area contributed by atoms with Crippen molar-refractivity contribution in [3.63, 3.8) is 0 Å². The second-order valence-corrected chi connectivity index (χ2v) is 11.3. The van der Waals surface area contributed by atoms with Gasteiger partial charge in [0.15, 0.2) is 0 Å². The number of hydrogen-bond acceptors (Lipinski definition) is 5. The molecule has 0 aromatic rings. The van der Waals surface area contributed by atoms with Crippen molar-refractivity contribution in [3.05, 3.63) is 25.3 Å². The molecule has 0 saturated carbocycles. The average Bonchev–Trinajstić information content (AvgIpc) is 3.44. The van der Waals surface area contributed by atoms with Gasteiger partial charge >= 0.3 is 0 Å². The Morgan fingerprint density at radius 1 is 1.11 bits per heavy atom. The Morgan fingerprint density at radius 2 is 1.78 bits per heavy atom. The molecule has 1 N–H and O–H groups in total. The van der Waals surface area contributed by atoms with Crippen LogP contribution in [0.15, 0.2) is 25.3 Å². The minimum atomic E-state index is -1.05. The number of ether oxygens (including phenoxy) is 1. The monoisotopic (exact) mass is 567 g/mol. The fourth-order valence-electron chi connectivity index (χ4n) is 6.22. The molecule has 0 aliphatic carbocycles. The molecule has 3 fully saturated rings. The molecule has 3 aliphatic heterocycles. The number of hydrogen-bond donors (Lipinski definition) is 1. The van der Waals surface area contributed by atoms with E-state index in [1.165, 1.54) is 0 Å². The van der Waals surface area contributed by atoms with E-state index in [0.717, 1.165) is 19.3 Å². The lowest BCUT2D eigenvalue weighted by Gasteiger charge is -2.37. The highest BCUT2D eigenvalue weighted by molar-refractivity contribution is 9.09. The van der Waals surface area contributed by atoms with Crippen molar-refractivity contribution < 1.29 is 24.2 Å². The summed E-state index contributed by atoms with van der Waals surface area (Å²) in [5, 5.41) is 9.33. The van der Waals surface area contributed by atoms with E-state index in [1.807, 2.05) is 6.92 Å².